The van der Waals surface area contributed by atoms with Crippen molar-refractivity contribution in [1.29, 1.82) is 0 Å². The molecule has 1 N–H and O–H groups in total. The van der Waals surface area contributed by atoms with Gasteiger partial charge in [-0.25, -0.2) is 9.97 Å². The van der Waals surface area contributed by atoms with Crippen molar-refractivity contribution >= 4 is 11.8 Å². The Balaban J connectivity index is 2.19. The summed E-state index contributed by atoms with van der Waals surface area (Å²) < 4.78 is 0. The highest BCUT2D eigenvalue weighted by molar-refractivity contribution is 5.70. The minimum atomic E-state index is -0.681. The van der Waals surface area contributed by atoms with Crippen molar-refractivity contribution in [2.24, 2.45) is 5.92 Å². The fraction of sp³-hybridized carbons (Fsp3) is 0.643. The zero-order valence-corrected chi connectivity index (χ0v) is 11.8. The Morgan fingerprint density at radius 3 is 2.84 bits per heavy atom. The van der Waals surface area contributed by atoms with Gasteiger partial charge in [0.05, 0.1) is 5.92 Å². The molecule has 1 aromatic rings. The molecule has 19 heavy (non-hydrogen) atoms. The third kappa shape index (κ3) is 3.03. The summed E-state index contributed by atoms with van der Waals surface area (Å²) in [4.78, 5) is 22.1. The molecule has 2 atom stereocenters. The molecule has 0 saturated carbocycles. The molecule has 1 aliphatic rings. The van der Waals surface area contributed by atoms with E-state index in [1.165, 1.54) is 0 Å². The van der Waals surface area contributed by atoms with Gasteiger partial charge in [0.15, 0.2) is 0 Å². The van der Waals surface area contributed by atoms with Crippen molar-refractivity contribution in [3.63, 3.8) is 0 Å². The van der Waals surface area contributed by atoms with E-state index in [0.717, 1.165) is 30.3 Å². The summed E-state index contributed by atoms with van der Waals surface area (Å²) in [6.45, 7) is 6.79. The van der Waals surface area contributed by atoms with Crippen LogP contribution in [0.2, 0.25) is 0 Å². The van der Waals surface area contributed by atoms with E-state index >= 15 is 0 Å². The minimum Gasteiger partial charge on any atom is -0.481 e. The number of piperidine rings is 1. The van der Waals surface area contributed by atoms with Crippen molar-refractivity contribution in [3.8, 4) is 0 Å². The molecule has 2 rings (SSSR count). The number of aliphatic carboxylic acids is 1. The number of hydrogen-bond acceptors (Lipinski definition) is 4. The van der Waals surface area contributed by atoms with Gasteiger partial charge in [0.2, 0.25) is 0 Å². The van der Waals surface area contributed by atoms with E-state index in [0.29, 0.717) is 12.8 Å². The normalized spacial score (nSPS) is 23.4. The molecule has 5 heteroatoms. The van der Waals surface area contributed by atoms with E-state index in [9.17, 15) is 4.79 Å². The van der Waals surface area contributed by atoms with Gasteiger partial charge < -0.3 is 10.0 Å². The van der Waals surface area contributed by atoms with Gasteiger partial charge in [-0.3, -0.25) is 4.79 Å². The number of carbonyl (C=O) groups is 1. The lowest BCUT2D eigenvalue weighted by molar-refractivity contribution is -0.142. The number of rotatable bonds is 3. The fourth-order valence-electron chi connectivity index (χ4n) is 2.68. The van der Waals surface area contributed by atoms with Gasteiger partial charge in [-0.05, 0) is 33.1 Å². The van der Waals surface area contributed by atoms with Crippen molar-refractivity contribution < 1.29 is 9.90 Å². The van der Waals surface area contributed by atoms with Gasteiger partial charge in [-0.1, -0.05) is 6.92 Å². The monoisotopic (exact) mass is 263 g/mol. The summed E-state index contributed by atoms with van der Waals surface area (Å²) in [5.74, 6) is 0.807. The average Bonchev–Trinajstić information content (AvgIpc) is 2.37. The van der Waals surface area contributed by atoms with Crippen molar-refractivity contribution in [3.05, 3.63) is 17.6 Å². The van der Waals surface area contributed by atoms with E-state index < -0.39 is 5.97 Å². The molecule has 0 bridgehead atoms. The van der Waals surface area contributed by atoms with Crippen LogP contribution in [0.3, 0.4) is 0 Å². The first kappa shape index (κ1) is 13.8. The predicted molar refractivity (Wildman–Crippen MR) is 73.3 cm³/mol. The lowest BCUT2D eigenvalue weighted by atomic mass is 9.92. The van der Waals surface area contributed by atoms with Crippen LogP contribution >= 0.6 is 0 Å². The number of aromatic nitrogens is 2. The summed E-state index contributed by atoms with van der Waals surface area (Å²) >= 11 is 0. The Morgan fingerprint density at radius 2 is 2.26 bits per heavy atom. The molecule has 2 unspecified atom stereocenters. The van der Waals surface area contributed by atoms with Gasteiger partial charge in [-0.15, -0.1) is 0 Å². The Morgan fingerprint density at radius 1 is 1.53 bits per heavy atom. The van der Waals surface area contributed by atoms with Crippen LogP contribution in [0.1, 0.15) is 38.2 Å². The first-order valence-electron chi connectivity index (χ1n) is 6.85. The topological polar surface area (TPSA) is 66.3 Å². The molecule has 5 nitrogen and oxygen atoms in total. The molecule has 0 amide bonds. The van der Waals surface area contributed by atoms with Crippen molar-refractivity contribution in [1.82, 2.24) is 9.97 Å². The Labute approximate surface area is 113 Å². The Kier molecular flexibility index (Phi) is 4.02. The zero-order chi connectivity index (χ0) is 14.0. The van der Waals surface area contributed by atoms with E-state index in [-0.39, 0.29) is 12.0 Å². The summed E-state index contributed by atoms with van der Waals surface area (Å²) in [6.07, 6.45) is 2.25. The van der Waals surface area contributed by atoms with Crippen molar-refractivity contribution in [2.45, 2.75) is 46.1 Å². The number of carboxylic acid groups (broad SMARTS) is 1. The summed E-state index contributed by atoms with van der Waals surface area (Å²) in [7, 11) is 0. The van der Waals surface area contributed by atoms with Crippen LogP contribution in [0.5, 0.6) is 0 Å². The van der Waals surface area contributed by atoms with Gasteiger partial charge in [-0.2, -0.15) is 0 Å². The molecule has 0 aromatic carbocycles. The molecule has 2 heterocycles. The maximum Gasteiger partial charge on any atom is 0.306 e. The summed E-state index contributed by atoms with van der Waals surface area (Å²) in [5, 5.41) is 9.09. The van der Waals surface area contributed by atoms with E-state index in [4.69, 9.17) is 5.11 Å². The molecule has 1 saturated heterocycles. The van der Waals surface area contributed by atoms with Gasteiger partial charge in [0, 0.05) is 24.3 Å². The molecule has 0 aliphatic carbocycles. The zero-order valence-electron chi connectivity index (χ0n) is 11.8. The number of anilines is 1. The van der Waals surface area contributed by atoms with Crippen LogP contribution < -0.4 is 4.90 Å². The Bertz CT molecular complexity index is 476. The van der Waals surface area contributed by atoms with Crippen LogP contribution in [0.25, 0.3) is 0 Å². The van der Waals surface area contributed by atoms with Crippen LogP contribution in [0, 0.1) is 12.8 Å². The lowest BCUT2D eigenvalue weighted by Crippen LogP contribution is -2.43. The highest BCUT2D eigenvalue weighted by Gasteiger charge is 2.30. The second-order valence-corrected chi connectivity index (χ2v) is 5.22. The molecule has 1 aromatic heterocycles. The third-order valence-electron chi connectivity index (χ3n) is 3.76. The van der Waals surface area contributed by atoms with Crippen LogP contribution in [-0.4, -0.2) is 33.6 Å². The highest BCUT2D eigenvalue weighted by atomic mass is 16.4. The summed E-state index contributed by atoms with van der Waals surface area (Å²) in [6, 6.07) is 2.22. The summed E-state index contributed by atoms with van der Waals surface area (Å²) in [5.41, 5.74) is 1.04. The standard InChI is InChI=1S/C14H21N3O2/c1-4-12-8-13(16-10(3)15-12)17-6-5-11(14(18)19)7-9(17)2/h8-9,11H,4-7H2,1-3H3,(H,18,19). The van der Waals surface area contributed by atoms with Crippen molar-refractivity contribution in [2.75, 3.05) is 11.4 Å². The average molecular weight is 263 g/mol. The van der Waals surface area contributed by atoms with E-state index in [1.54, 1.807) is 0 Å². The first-order valence-corrected chi connectivity index (χ1v) is 6.85. The van der Waals surface area contributed by atoms with E-state index in [2.05, 4.69) is 28.7 Å². The maximum absolute atomic E-state index is 11.1. The third-order valence-corrected chi connectivity index (χ3v) is 3.76. The van der Waals surface area contributed by atoms with Crippen LogP contribution in [0.4, 0.5) is 5.82 Å². The Hall–Kier alpha value is -1.65. The van der Waals surface area contributed by atoms with Gasteiger partial charge in [0.1, 0.15) is 11.6 Å². The molecule has 0 spiro atoms. The van der Waals surface area contributed by atoms with E-state index in [1.807, 2.05) is 13.0 Å². The molecular formula is C14H21N3O2. The molecule has 104 valence electrons. The fourth-order valence-corrected chi connectivity index (χ4v) is 2.68. The number of aryl methyl sites for hydroxylation is 2. The SMILES string of the molecule is CCc1cc(N2CCC(C(=O)O)CC2C)nc(C)n1. The highest BCUT2D eigenvalue weighted by Crippen LogP contribution is 2.27. The first-order chi connectivity index (χ1) is 9.01. The number of carboxylic acids is 1. The van der Waals surface area contributed by atoms with Crippen LogP contribution in [0.15, 0.2) is 6.07 Å². The second-order valence-electron chi connectivity index (χ2n) is 5.22. The maximum atomic E-state index is 11.1. The largest absolute Gasteiger partial charge is 0.481 e. The smallest absolute Gasteiger partial charge is 0.306 e. The molecular weight excluding hydrogens is 242 g/mol. The number of nitrogens with zero attached hydrogens (tertiary/aromatic N) is 3. The minimum absolute atomic E-state index is 0.203. The van der Waals surface area contributed by atoms with Gasteiger partial charge >= 0.3 is 5.97 Å². The lowest BCUT2D eigenvalue weighted by Gasteiger charge is -2.37. The second kappa shape index (κ2) is 5.55. The molecule has 0 radical (unpaired) electrons. The van der Waals surface area contributed by atoms with Gasteiger partial charge in [0.25, 0.3) is 0 Å². The quantitative estimate of drug-likeness (QED) is 0.904. The van der Waals surface area contributed by atoms with Crippen LogP contribution in [-0.2, 0) is 11.2 Å². The predicted octanol–water partition coefficient (Wildman–Crippen LogP) is 2.04. The number of hydrogen-bond donors (Lipinski definition) is 1. The molecule has 1 fully saturated rings. The molecule has 1 aliphatic heterocycles.